The number of ether oxygens (including phenoxy) is 1. The maximum absolute atomic E-state index is 5.94. The molecule has 1 fully saturated rings. The van der Waals surface area contributed by atoms with E-state index in [9.17, 15) is 0 Å². The van der Waals surface area contributed by atoms with E-state index in [2.05, 4.69) is 64.2 Å². The highest BCUT2D eigenvalue weighted by Crippen LogP contribution is 2.28. The minimum absolute atomic E-state index is 0.564. The van der Waals surface area contributed by atoms with Gasteiger partial charge >= 0.3 is 0 Å². The SMILES string of the molecule is Cc1ccc(COc2ccc(C(=S)N3CCCCC3)cc2Br)cc1. The van der Waals surface area contributed by atoms with Gasteiger partial charge in [0.15, 0.2) is 0 Å². The molecule has 0 radical (unpaired) electrons. The third kappa shape index (κ3) is 4.37. The number of halogens is 1. The van der Waals surface area contributed by atoms with E-state index < -0.39 is 0 Å². The maximum Gasteiger partial charge on any atom is 0.134 e. The fraction of sp³-hybridized carbons (Fsp3) is 0.350. The standard InChI is InChI=1S/C20H22BrNOS/c1-15-5-7-16(8-6-15)14-23-19-10-9-17(13-18(19)21)20(24)22-11-3-2-4-12-22/h5-10,13H,2-4,11-12,14H2,1H3. The zero-order chi connectivity index (χ0) is 16.9. The lowest BCUT2D eigenvalue weighted by Gasteiger charge is -2.29. The van der Waals surface area contributed by atoms with Crippen molar-refractivity contribution in [2.45, 2.75) is 32.8 Å². The molecule has 0 aromatic heterocycles. The lowest BCUT2D eigenvalue weighted by Crippen LogP contribution is -2.34. The van der Waals surface area contributed by atoms with E-state index in [1.165, 1.54) is 30.4 Å². The van der Waals surface area contributed by atoms with Crippen molar-refractivity contribution in [1.82, 2.24) is 4.90 Å². The quantitative estimate of drug-likeness (QED) is 0.625. The summed E-state index contributed by atoms with van der Waals surface area (Å²) in [6, 6.07) is 14.5. The Morgan fingerprint density at radius 1 is 1.08 bits per heavy atom. The van der Waals surface area contributed by atoms with Crippen molar-refractivity contribution in [1.29, 1.82) is 0 Å². The van der Waals surface area contributed by atoms with Gasteiger partial charge in [0.2, 0.25) is 0 Å². The van der Waals surface area contributed by atoms with Crippen molar-refractivity contribution in [3.05, 3.63) is 63.6 Å². The van der Waals surface area contributed by atoms with Crippen LogP contribution in [0.15, 0.2) is 46.9 Å². The third-order valence-corrected chi connectivity index (χ3v) is 5.45. The average molecular weight is 404 g/mol. The van der Waals surface area contributed by atoms with Crippen LogP contribution in [-0.4, -0.2) is 23.0 Å². The molecule has 2 aromatic carbocycles. The van der Waals surface area contributed by atoms with Crippen LogP contribution in [0.4, 0.5) is 0 Å². The van der Waals surface area contributed by atoms with E-state index in [0.717, 1.165) is 33.9 Å². The normalized spacial score (nSPS) is 14.5. The topological polar surface area (TPSA) is 12.5 Å². The minimum atomic E-state index is 0.564. The molecule has 2 nitrogen and oxygen atoms in total. The molecule has 1 heterocycles. The molecule has 126 valence electrons. The van der Waals surface area contributed by atoms with Gasteiger partial charge < -0.3 is 9.64 Å². The maximum atomic E-state index is 5.94. The molecule has 1 saturated heterocycles. The van der Waals surface area contributed by atoms with Crippen LogP contribution in [0.2, 0.25) is 0 Å². The number of rotatable bonds is 4. The Hall–Kier alpha value is -1.39. The number of hydrogen-bond acceptors (Lipinski definition) is 2. The molecular weight excluding hydrogens is 382 g/mol. The molecule has 0 spiro atoms. The van der Waals surface area contributed by atoms with Crippen LogP contribution in [0.25, 0.3) is 0 Å². The van der Waals surface area contributed by atoms with E-state index in [-0.39, 0.29) is 0 Å². The molecule has 3 rings (SSSR count). The van der Waals surface area contributed by atoms with Gasteiger partial charge in [-0.3, -0.25) is 0 Å². The Balaban J connectivity index is 1.65. The third-order valence-electron chi connectivity index (χ3n) is 4.34. The lowest BCUT2D eigenvalue weighted by molar-refractivity contribution is 0.304. The molecule has 1 aliphatic heterocycles. The summed E-state index contributed by atoms with van der Waals surface area (Å²) in [5.41, 5.74) is 3.51. The average Bonchev–Trinajstić information content (AvgIpc) is 2.62. The number of hydrogen-bond donors (Lipinski definition) is 0. The lowest BCUT2D eigenvalue weighted by atomic mass is 10.1. The summed E-state index contributed by atoms with van der Waals surface area (Å²) in [6.45, 7) is 4.80. The van der Waals surface area contributed by atoms with Gasteiger partial charge in [-0.05, 0) is 65.9 Å². The van der Waals surface area contributed by atoms with Crippen molar-refractivity contribution < 1.29 is 4.74 Å². The van der Waals surface area contributed by atoms with Gasteiger partial charge in [0.25, 0.3) is 0 Å². The molecule has 0 N–H and O–H groups in total. The van der Waals surface area contributed by atoms with Crippen molar-refractivity contribution in [3.63, 3.8) is 0 Å². The summed E-state index contributed by atoms with van der Waals surface area (Å²) in [6.07, 6.45) is 3.78. The van der Waals surface area contributed by atoms with E-state index in [4.69, 9.17) is 17.0 Å². The second-order valence-electron chi connectivity index (χ2n) is 6.27. The van der Waals surface area contributed by atoms with E-state index in [1.54, 1.807) is 0 Å². The molecule has 24 heavy (non-hydrogen) atoms. The molecule has 0 amide bonds. The number of benzene rings is 2. The van der Waals surface area contributed by atoms with Gasteiger partial charge in [0.1, 0.15) is 17.3 Å². The Morgan fingerprint density at radius 2 is 1.79 bits per heavy atom. The van der Waals surface area contributed by atoms with Crippen LogP contribution in [-0.2, 0) is 6.61 Å². The fourth-order valence-electron chi connectivity index (χ4n) is 2.88. The molecule has 1 aliphatic rings. The highest BCUT2D eigenvalue weighted by molar-refractivity contribution is 9.10. The van der Waals surface area contributed by atoms with Gasteiger partial charge in [-0.1, -0.05) is 42.0 Å². The highest BCUT2D eigenvalue weighted by Gasteiger charge is 2.16. The second-order valence-corrected chi connectivity index (χ2v) is 7.51. The Kier molecular flexibility index (Phi) is 5.90. The van der Waals surface area contributed by atoms with Gasteiger partial charge in [0.05, 0.1) is 4.47 Å². The number of aryl methyl sites for hydroxylation is 1. The fourth-order valence-corrected chi connectivity index (χ4v) is 3.68. The first-order chi connectivity index (χ1) is 11.6. The first-order valence-electron chi connectivity index (χ1n) is 8.40. The smallest absolute Gasteiger partial charge is 0.134 e. The molecule has 0 aliphatic carbocycles. The number of thiocarbonyl (C=S) groups is 1. The molecule has 2 aromatic rings. The first-order valence-corrected chi connectivity index (χ1v) is 9.61. The van der Waals surface area contributed by atoms with E-state index in [0.29, 0.717) is 6.61 Å². The zero-order valence-electron chi connectivity index (χ0n) is 13.9. The van der Waals surface area contributed by atoms with Gasteiger partial charge in [-0.2, -0.15) is 0 Å². The number of piperidine rings is 1. The van der Waals surface area contributed by atoms with Gasteiger partial charge in [0, 0.05) is 18.7 Å². The molecule has 0 atom stereocenters. The summed E-state index contributed by atoms with van der Waals surface area (Å²) in [5.74, 6) is 0.848. The van der Waals surface area contributed by atoms with Crippen LogP contribution >= 0.6 is 28.1 Å². The predicted octanol–water partition coefficient (Wildman–Crippen LogP) is 5.50. The molecule has 0 bridgehead atoms. The van der Waals surface area contributed by atoms with Gasteiger partial charge in [-0.25, -0.2) is 0 Å². The predicted molar refractivity (Wildman–Crippen MR) is 107 cm³/mol. The van der Waals surface area contributed by atoms with E-state index in [1.807, 2.05) is 6.07 Å². The van der Waals surface area contributed by atoms with Crippen molar-refractivity contribution >= 4 is 33.1 Å². The Bertz CT molecular complexity index is 708. The summed E-state index contributed by atoms with van der Waals surface area (Å²) in [5, 5.41) is 0. The summed E-state index contributed by atoms with van der Waals surface area (Å²) < 4.78 is 6.89. The largest absolute Gasteiger partial charge is 0.488 e. The second kappa shape index (κ2) is 8.13. The van der Waals surface area contributed by atoms with Crippen LogP contribution in [0.5, 0.6) is 5.75 Å². The number of likely N-dealkylation sites (tertiary alicyclic amines) is 1. The van der Waals surface area contributed by atoms with Gasteiger partial charge in [-0.15, -0.1) is 0 Å². The summed E-state index contributed by atoms with van der Waals surface area (Å²) in [7, 11) is 0. The Morgan fingerprint density at radius 3 is 2.46 bits per heavy atom. The minimum Gasteiger partial charge on any atom is -0.488 e. The highest BCUT2D eigenvalue weighted by atomic mass is 79.9. The Labute approximate surface area is 158 Å². The van der Waals surface area contributed by atoms with Crippen LogP contribution < -0.4 is 4.74 Å². The molecule has 0 saturated carbocycles. The van der Waals surface area contributed by atoms with Crippen LogP contribution in [0.1, 0.15) is 36.0 Å². The number of nitrogens with zero attached hydrogens (tertiary/aromatic N) is 1. The van der Waals surface area contributed by atoms with E-state index >= 15 is 0 Å². The molecule has 4 heteroatoms. The molecule has 0 unspecified atom stereocenters. The van der Waals surface area contributed by atoms with Crippen molar-refractivity contribution in [3.8, 4) is 5.75 Å². The van der Waals surface area contributed by atoms with Crippen LogP contribution in [0.3, 0.4) is 0 Å². The summed E-state index contributed by atoms with van der Waals surface area (Å²) in [4.78, 5) is 3.26. The first kappa shape index (κ1) is 17.4. The van der Waals surface area contributed by atoms with Crippen LogP contribution in [0, 0.1) is 6.92 Å². The monoisotopic (exact) mass is 403 g/mol. The van der Waals surface area contributed by atoms with Crippen molar-refractivity contribution in [2.24, 2.45) is 0 Å². The van der Waals surface area contributed by atoms with Crippen molar-refractivity contribution in [2.75, 3.05) is 13.1 Å². The summed E-state index contributed by atoms with van der Waals surface area (Å²) >= 11 is 9.28. The zero-order valence-corrected chi connectivity index (χ0v) is 16.3. The molecular formula is C20H22BrNOS.